The third-order valence-corrected chi connectivity index (χ3v) is 1.79. The van der Waals surface area contributed by atoms with E-state index >= 15 is 0 Å². The summed E-state index contributed by atoms with van der Waals surface area (Å²) in [6.45, 7) is 2.14. The highest BCUT2D eigenvalue weighted by Crippen LogP contribution is 2.15. The van der Waals surface area contributed by atoms with Gasteiger partial charge in [-0.1, -0.05) is 0 Å². The molecule has 1 saturated heterocycles. The molecule has 1 unspecified atom stereocenters. The van der Waals surface area contributed by atoms with E-state index in [1.54, 1.807) is 6.92 Å². The smallest absolute Gasteiger partial charge is 0.186 e. The van der Waals surface area contributed by atoms with Gasteiger partial charge in [0, 0.05) is 6.61 Å². The molecule has 1 aliphatic rings. The summed E-state index contributed by atoms with van der Waals surface area (Å²) in [5.74, 6) is 0. The second-order valence-corrected chi connectivity index (χ2v) is 2.71. The van der Waals surface area contributed by atoms with Crippen molar-refractivity contribution in [2.24, 2.45) is 0 Å². The van der Waals surface area contributed by atoms with Gasteiger partial charge in [-0.3, -0.25) is 0 Å². The fraction of sp³-hybridized carbons (Fsp3) is 1.00. The predicted octanol–water partition coefficient (Wildman–Crippen LogP) is -1.54. The third kappa shape index (κ3) is 1.94. The van der Waals surface area contributed by atoms with Gasteiger partial charge in [0.2, 0.25) is 0 Å². The lowest BCUT2D eigenvalue weighted by Gasteiger charge is -2.34. The van der Waals surface area contributed by atoms with Crippen LogP contribution in [0.5, 0.6) is 0 Å². The summed E-state index contributed by atoms with van der Waals surface area (Å²) < 4.78 is 9.90. The van der Waals surface area contributed by atoms with Crippen molar-refractivity contribution in [3.63, 3.8) is 0 Å². The molecule has 0 amide bonds. The molecule has 0 bridgehead atoms. The standard InChI is InChI=1S/C7H14O5/c1-2-11-7-6(10)5(9)4(8)3-12-7/h4-10H,2-3H2,1H3/t4-,5?,6+,7-/m1/s1. The number of ether oxygens (including phenoxy) is 2. The molecule has 0 radical (unpaired) electrons. The van der Waals surface area contributed by atoms with Crippen molar-refractivity contribution in [2.75, 3.05) is 13.2 Å². The topological polar surface area (TPSA) is 79.2 Å². The van der Waals surface area contributed by atoms with Gasteiger partial charge in [-0.2, -0.15) is 0 Å². The van der Waals surface area contributed by atoms with Crippen LogP contribution in [-0.2, 0) is 9.47 Å². The highest BCUT2D eigenvalue weighted by molar-refractivity contribution is 4.82. The van der Waals surface area contributed by atoms with Crippen LogP contribution >= 0.6 is 0 Å². The van der Waals surface area contributed by atoms with Gasteiger partial charge < -0.3 is 24.8 Å². The first-order chi connectivity index (χ1) is 5.66. The lowest BCUT2D eigenvalue weighted by molar-refractivity contribution is -0.268. The molecule has 0 saturated carbocycles. The zero-order valence-corrected chi connectivity index (χ0v) is 6.88. The average molecular weight is 178 g/mol. The van der Waals surface area contributed by atoms with Gasteiger partial charge in [0.15, 0.2) is 6.29 Å². The Morgan fingerprint density at radius 1 is 1.33 bits per heavy atom. The van der Waals surface area contributed by atoms with Crippen molar-refractivity contribution < 1.29 is 24.8 Å². The Balaban J connectivity index is 2.46. The molecular formula is C7H14O5. The van der Waals surface area contributed by atoms with Gasteiger partial charge in [0.25, 0.3) is 0 Å². The van der Waals surface area contributed by atoms with E-state index < -0.39 is 24.6 Å². The minimum atomic E-state index is -1.18. The van der Waals surface area contributed by atoms with Gasteiger partial charge in [-0.25, -0.2) is 0 Å². The molecule has 4 atom stereocenters. The van der Waals surface area contributed by atoms with E-state index in [1.807, 2.05) is 0 Å². The summed E-state index contributed by atoms with van der Waals surface area (Å²) in [5, 5.41) is 27.5. The Bertz CT molecular complexity index is 140. The van der Waals surface area contributed by atoms with E-state index in [1.165, 1.54) is 0 Å². The summed E-state index contributed by atoms with van der Waals surface area (Å²) >= 11 is 0. The van der Waals surface area contributed by atoms with Crippen molar-refractivity contribution in [1.82, 2.24) is 0 Å². The van der Waals surface area contributed by atoms with Crippen LogP contribution in [0.3, 0.4) is 0 Å². The highest BCUT2D eigenvalue weighted by Gasteiger charge is 2.37. The summed E-state index contributed by atoms with van der Waals surface area (Å²) in [5.41, 5.74) is 0. The fourth-order valence-electron chi connectivity index (χ4n) is 1.09. The second-order valence-electron chi connectivity index (χ2n) is 2.71. The first kappa shape index (κ1) is 9.88. The molecule has 1 heterocycles. The number of hydrogen-bond donors (Lipinski definition) is 3. The molecule has 72 valence electrons. The number of hydrogen-bond acceptors (Lipinski definition) is 5. The summed E-state index contributed by atoms with van der Waals surface area (Å²) in [6, 6.07) is 0. The summed E-state index contributed by atoms with van der Waals surface area (Å²) in [4.78, 5) is 0. The number of aliphatic hydroxyl groups excluding tert-OH is 3. The molecule has 0 aromatic heterocycles. The van der Waals surface area contributed by atoms with Crippen LogP contribution in [0.25, 0.3) is 0 Å². The predicted molar refractivity (Wildman–Crippen MR) is 39.4 cm³/mol. The maximum absolute atomic E-state index is 9.28. The van der Waals surface area contributed by atoms with Crippen LogP contribution < -0.4 is 0 Å². The molecule has 0 aromatic rings. The third-order valence-electron chi connectivity index (χ3n) is 1.79. The molecule has 1 fully saturated rings. The first-order valence-electron chi connectivity index (χ1n) is 3.94. The molecule has 5 nitrogen and oxygen atoms in total. The van der Waals surface area contributed by atoms with Crippen molar-refractivity contribution >= 4 is 0 Å². The van der Waals surface area contributed by atoms with Crippen LogP contribution in [0.4, 0.5) is 0 Å². The zero-order valence-electron chi connectivity index (χ0n) is 6.88. The normalized spacial score (nSPS) is 43.0. The van der Waals surface area contributed by atoms with E-state index in [-0.39, 0.29) is 6.61 Å². The highest BCUT2D eigenvalue weighted by atomic mass is 16.7. The van der Waals surface area contributed by atoms with Gasteiger partial charge >= 0.3 is 0 Å². The SMILES string of the molecule is CCO[C@@H]1OC[C@@H](O)C(O)[C@@H]1O. The lowest BCUT2D eigenvalue weighted by atomic mass is 10.1. The molecule has 3 N–H and O–H groups in total. The van der Waals surface area contributed by atoms with Crippen molar-refractivity contribution in [3.05, 3.63) is 0 Å². The number of rotatable bonds is 2. The van der Waals surface area contributed by atoms with E-state index in [9.17, 15) is 10.2 Å². The Morgan fingerprint density at radius 3 is 2.58 bits per heavy atom. The molecule has 0 aliphatic carbocycles. The molecular weight excluding hydrogens is 164 g/mol. The average Bonchev–Trinajstić information content (AvgIpc) is 2.07. The maximum atomic E-state index is 9.28. The van der Waals surface area contributed by atoms with Crippen LogP contribution in [0, 0.1) is 0 Å². The minimum absolute atomic E-state index is 0.0110. The molecule has 0 aromatic carbocycles. The van der Waals surface area contributed by atoms with E-state index in [2.05, 4.69) is 0 Å². The van der Waals surface area contributed by atoms with Crippen molar-refractivity contribution in [2.45, 2.75) is 31.5 Å². The Hall–Kier alpha value is -0.200. The molecule has 12 heavy (non-hydrogen) atoms. The van der Waals surface area contributed by atoms with Gasteiger partial charge in [-0.05, 0) is 6.92 Å². The van der Waals surface area contributed by atoms with E-state index in [0.717, 1.165) is 0 Å². The number of aliphatic hydroxyl groups is 3. The molecule has 5 heteroatoms. The Kier molecular flexibility index (Phi) is 3.42. The summed E-state index contributed by atoms with van der Waals surface area (Å²) in [6.07, 6.45) is -4.21. The summed E-state index contributed by atoms with van der Waals surface area (Å²) in [7, 11) is 0. The Morgan fingerprint density at radius 2 is 2.00 bits per heavy atom. The van der Waals surface area contributed by atoms with Gasteiger partial charge in [0.1, 0.15) is 18.3 Å². The van der Waals surface area contributed by atoms with Crippen molar-refractivity contribution in [1.29, 1.82) is 0 Å². The fourth-order valence-corrected chi connectivity index (χ4v) is 1.09. The van der Waals surface area contributed by atoms with Crippen LogP contribution in [-0.4, -0.2) is 53.1 Å². The van der Waals surface area contributed by atoms with Crippen LogP contribution in [0.15, 0.2) is 0 Å². The van der Waals surface area contributed by atoms with Gasteiger partial charge in [-0.15, -0.1) is 0 Å². The quantitative estimate of drug-likeness (QED) is 0.477. The van der Waals surface area contributed by atoms with Crippen molar-refractivity contribution in [3.8, 4) is 0 Å². The monoisotopic (exact) mass is 178 g/mol. The second kappa shape index (κ2) is 4.15. The zero-order chi connectivity index (χ0) is 9.14. The largest absolute Gasteiger partial charge is 0.388 e. The molecule has 1 aliphatic heterocycles. The lowest BCUT2D eigenvalue weighted by Crippen LogP contribution is -2.53. The van der Waals surface area contributed by atoms with Crippen LogP contribution in [0.2, 0.25) is 0 Å². The maximum Gasteiger partial charge on any atom is 0.186 e. The minimum Gasteiger partial charge on any atom is -0.388 e. The van der Waals surface area contributed by atoms with E-state index in [0.29, 0.717) is 6.61 Å². The molecule has 1 rings (SSSR count). The Labute approximate surface area is 70.5 Å². The van der Waals surface area contributed by atoms with Crippen LogP contribution in [0.1, 0.15) is 6.92 Å². The molecule has 0 spiro atoms. The first-order valence-corrected chi connectivity index (χ1v) is 3.94. The van der Waals surface area contributed by atoms with E-state index in [4.69, 9.17) is 14.6 Å². The van der Waals surface area contributed by atoms with Gasteiger partial charge in [0.05, 0.1) is 6.61 Å².